The summed E-state index contributed by atoms with van der Waals surface area (Å²) in [6.45, 7) is 0.213. The predicted octanol–water partition coefficient (Wildman–Crippen LogP) is 1.51. The maximum absolute atomic E-state index is 12.3. The second kappa shape index (κ2) is 9.45. The van der Waals surface area contributed by atoms with Crippen molar-refractivity contribution in [2.45, 2.75) is 6.42 Å². The molecule has 9 heteroatoms. The van der Waals surface area contributed by atoms with E-state index in [9.17, 15) is 14.4 Å². The van der Waals surface area contributed by atoms with E-state index in [1.54, 1.807) is 30.3 Å². The lowest BCUT2D eigenvalue weighted by molar-refractivity contribution is -0.120. The van der Waals surface area contributed by atoms with Gasteiger partial charge >= 0.3 is 5.97 Å². The molecule has 0 aliphatic carbocycles. The molecule has 0 unspecified atom stereocenters. The average Bonchev–Trinajstić information content (AvgIpc) is 2.95. The van der Waals surface area contributed by atoms with Crippen LogP contribution in [0, 0.1) is 0 Å². The number of hydrogen-bond acceptors (Lipinski definition) is 7. The zero-order chi connectivity index (χ0) is 20.6. The molecule has 1 heterocycles. The molecule has 3 N–H and O–H groups in total. The number of esters is 1. The Morgan fingerprint density at radius 3 is 2.55 bits per heavy atom. The van der Waals surface area contributed by atoms with Crippen LogP contribution in [0.5, 0.6) is 17.2 Å². The first-order valence-corrected chi connectivity index (χ1v) is 8.89. The van der Waals surface area contributed by atoms with E-state index in [1.807, 2.05) is 0 Å². The number of nitrogens with two attached hydrogens (primary N) is 1. The maximum Gasteiger partial charge on any atom is 0.342 e. The number of primary amides is 1. The SMILES string of the molecule is NC(=O)COc1ccccc1C(=O)OCC(=O)Nc1ccc2c(c1)OCCCO2. The molecular formula is C20H20N2O7. The second-order valence-electron chi connectivity index (χ2n) is 6.09. The third kappa shape index (κ3) is 5.61. The Morgan fingerprint density at radius 2 is 1.76 bits per heavy atom. The van der Waals surface area contributed by atoms with Crippen molar-refractivity contribution in [1.82, 2.24) is 0 Å². The monoisotopic (exact) mass is 400 g/mol. The zero-order valence-corrected chi connectivity index (χ0v) is 15.5. The molecule has 0 fully saturated rings. The van der Waals surface area contributed by atoms with Gasteiger partial charge in [0.25, 0.3) is 11.8 Å². The van der Waals surface area contributed by atoms with E-state index in [2.05, 4.69) is 5.32 Å². The van der Waals surface area contributed by atoms with Gasteiger partial charge in [0.1, 0.15) is 11.3 Å². The van der Waals surface area contributed by atoms with E-state index in [1.165, 1.54) is 12.1 Å². The molecule has 0 atom stereocenters. The largest absolute Gasteiger partial charge is 0.490 e. The summed E-state index contributed by atoms with van der Waals surface area (Å²) in [5, 5.41) is 2.63. The minimum absolute atomic E-state index is 0.0807. The van der Waals surface area contributed by atoms with E-state index >= 15 is 0 Å². The number of nitrogens with one attached hydrogen (secondary N) is 1. The number of anilines is 1. The highest BCUT2D eigenvalue weighted by Crippen LogP contribution is 2.32. The van der Waals surface area contributed by atoms with Crippen molar-refractivity contribution in [3.05, 3.63) is 48.0 Å². The van der Waals surface area contributed by atoms with Gasteiger partial charge < -0.3 is 30.0 Å². The van der Waals surface area contributed by atoms with Gasteiger partial charge in [-0.3, -0.25) is 9.59 Å². The fourth-order valence-electron chi connectivity index (χ4n) is 2.56. The molecule has 0 spiro atoms. The van der Waals surface area contributed by atoms with Crippen molar-refractivity contribution < 1.29 is 33.3 Å². The molecular weight excluding hydrogens is 380 g/mol. The Balaban J connectivity index is 1.56. The number of amides is 2. The fraction of sp³-hybridized carbons (Fsp3) is 0.250. The first kappa shape index (κ1) is 20.0. The molecule has 0 saturated carbocycles. The molecule has 2 aromatic rings. The third-order valence-corrected chi connectivity index (χ3v) is 3.84. The summed E-state index contributed by atoms with van der Waals surface area (Å²) in [5.41, 5.74) is 5.61. The van der Waals surface area contributed by atoms with E-state index in [4.69, 9.17) is 24.7 Å². The van der Waals surface area contributed by atoms with Crippen molar-refractivity contribution >= 4 is 23.5 Å². The summed E-state index contributed by atoms with van der Waals surface area (Å²) in [5.74, 6) is -0.679. The minimum Gasteiger partial charge on any atom is -0.490 e. The highest BCUT2D eigenvalue weighted by Gasteiger charge is 2.17. The Labute approximate surface area is 166 Å². The van der Waals surface area contributed by atoms with Crippen molar-refractivity contribution in [1.29, 1.82) is 0 Å². The lowest BCUT2D eigenvalue weighted by atomic mass is 10.2. The molecule has 0 aromatic heterocycles. The predicted molar refractivity (Wildman–Crippen MR) is 102 cm³/mol. The molecule has 3 rings (SSSR count). The van der Waals surface area contributed by atoms with Crippen LogP contribution in [0.4, 0.5) is 5.69 Å². The van der Waals surface area contributed by atoms with Gasteiger partial charge in [-0.25, -0.2) is 4.79 Å². The van der Waals surface area contributed by atoms with E-state index in [-0.39, 0.29) is 17.9 Å². The first-order chi connectivity index (χ1) is 14.0. The van der Waals surface area contributed by atoms with Gasteiger partial charge in [-0.1, -0.05) is 12.1 Å². The van der Waals surface area contributed by atoms with Gasteiger partial charge in [0.2, 0.25) is 0 Å². The Kier molecular flexibility index (Phi) is 6.51. The number of ether oxygens (including phenoxy) is 4. The zero-order valence-electron chi connectivity index (χ0n) is 15.5. The van der Waals surface area contributed by atoms with Gasteiger partial charge in [0.15, 0.2) is 24.7 Å². The number of fused-ring (bicyclic) bond motifs is 1. The van der Waals surface area contributed by atoms with Gasteiger partial charge in [-0.15, -0.1) is 0 Å². The fourth-order valence-corrected chi connectivity index (χ4v) is 2.56. The van der Waals surface area contributed by atoms with Gasteiger partial charge in [0, 0.05) is 18.2 Å². The molecule has 0 radical (unpaired) electrons. The molecule has 0 bridgehead atoms. The third-order valence-electron chi connectivity index (χ3n) is 3.84. The van der Waals surface area contributed by atoms with Crippen molar-refractivity contribution in [3.8, 4) is 17.2 Å². The molecule has 1 aliphatic heterocycles. The van der Waals surface area contributed by atoms with Crippen LogP contribution in [-0.2, 0) is 14.3 Å². The smallest absolute Gasteiger partial charge is 0.342 e. The van der Waals surface area contributed by atoms with Crippen LogP contribution in [0.25, 0.3) is 0 Å². The average molecular weight is 400 g/mol. The molecule has 152 valence electrons. The van der Waals surface area contributed by atoms with Crippen LogP contribution in [0.2, 0.25) is 0 Å². The number of hydrogen-bond donors (Lipinski definition) is 2. The van der Waals surface area contributed by atoms with Crippen LogP contribution in [-0.4, -0.2) is 44.2 Å². The quantitative estimate of drug-likeness (QED) is 0.675. The second-order valence-corrected chi connectivity index (χ2v) is 6.09. The van der Waals surface area contributed by atoms with Crippen molar-refractivity contribution in [2.24, 2.45) is 5.73 Å². The van der Waals surface area contributed by atoms with Crippen molar-refractivity contribution in [2.75, 3.05) is 31.7 Å². The first-order valence-electron chi connectivity index (χ1n) is 8.89. The Hall–Kier alpha value is -3.75. The molecule has 29 heavy (non-hydrogen) atoms. The summed E-state index contributed by atoms with van der Waals surface area (Å²) in [7, 11) is 0. The molecule has 0 saturated heterocycles. The summed E-state index contributed by atoms with van der Waals surface area (Å²) in [4.78, 5) is 35.3. The number of carbonyl (C=O) groups is 3. The number of para-hydroxylation sites is 1. The van der Waals surface area contributed by atoms with Crippen LogP contribution in [0.15, 0.2) is 42.5 Å². The molecule has 2 aromatic carbocycles. The van der Waals surface area contributed by atoms with E-state index in [0.717, 1.165) is 6.42 Å². The standard InChI is InChI=1S/C20H20N2O7/c21-18(23)11-28-15-5-2-1-4-14(15)20(25)29-12-19(24)22-13-6-7-16-17(10-13)27-9-3-8-26-16/h1-2,4-7,10H,3,8-9,11-12H2,(H2,21,23)(H,22,24). The normalized spacial score (nSPS) is 12.4. The number of rotatable bonds is 7. The van der Waals surface area contributed by atoms with Crippen LogP contribution >= 0.6 is 0 Å². The minimum atomic E-state index is -0.765. The maximum atomic E-state index is 12.3. The van der Waals surface area contributed by atoms with Crippen LogP contribution in [0.1, 0.15) is 16.8 Å². The van der Waals surface area contributed by atoms with E-state index < -0.39 is 24.4 Å². The van der Waals surface area contributed by atoms with Gasteiger partial charge in [-0.2, -0.15) is 0 Å². The van der Waals surface area contributed by atoms with Crippen molar-refractivity contribution in [3.63, 3.8) is 0 Å². The van der Waals surface area contributed by atoms with Crippen LogP contribution in [0.3, 0.4) is 0 Å². The Bertz CT molecular complexity index is 913. The highest BCUT2D eigenvalue weighted by atomic mass is 16.5. The summed E-state index contributed by atoms with van der Waals surface area (Å²) < 4.78 is 21.3. The molecule has 1 aliphatic rings. The number of carbonyl (C=O) groups excluding carboxylic acids is 3. The Morgan fingerprint density at radius 1 is 1.00 bits per heavy atom. The molecule has 9 nitrogen and oxygen atoms in total. The van der Waals surface area contributed by atoms with Gasteiger partial charge in [0.05, 0.1) is 13.2 Å². The lowest BCUT2D eigenvalue weighted by Crippen LogP contribution is -2.22. The van der Waals surface area contributed by atoms with Gasteiger partial charge in [-0.05, 0) is 24.3 Å². The van der Waals surface area contributed by atoms with Crippen LogP contribution < -0.4 is 25.3 Å². The van der Waals surface area contributed by atoms with E-state index in [0.29, 0.717) is 30.4 Å². The molecule has 2 amide bonds. The summed E-state index contributed by atoms with van der Waals surface area (Å²) >= 11 is 0. The highest BCUT2D eigenvalue weighted by molar-refractivity contribution is 5.97. The topological polar surface area (TPSA) is 126 Å². The summed E-state index contributed by atoms with van der Waals surface area (Å²) in [6.07, 6.45) is 0.775. The summed E-state index contributed by atoms with van der Waals surface area (Å²) in [6, 6.07) is 11.2. The lowest BCUT2D eigenvalue weighted by Gasteiger charge is -2.12. The number of benzene rings is 2.